The summed E-state index contributed by atoms with van der Waals surface area (Å²) >= 11 is 1.17. The van der Waals surface area contributed by atoms with Gasteiger partial charge < -0.3 is 10.5 Å². The molecule has 1 atom stereocenters. The summed E-state index contributed by atoms with van der Waals surface area (Å²) in [6.07, 6.45) is 1.74. The third-order valence-electron chi connectivity index (χ3n) is 4.80. The molecule has 0 aliphatic heterocycles. The van der Waals surface area contributed by atoms with E-state index < -0.39 is 0 Å². The van der Waals surface area contributed by atoms with Crippen LogP contribution < -0.4 is 10.9 Å². The summed E-state index contributed by atoms with van der Waals surface area (Å²) in [5.41, 5.74) is 11.0. The Morgan fingerprint density at radius 1 is 1.04 bits per heavy atom. The van der Waals surface area contributed by atoms with Crippen molar-refractivity contribution >= 4 is 23.3 Å². The van der Waals surface area contributed by atoms with Gasteiger partial charge in [0.25, 0.3) is 0 Å². The van der Waals surface area contributed by atoms with Crippen molar-refractivity contribution in [3.63, 3.8) is 0 Å². The first-order valence-electron chi connectivity index (χ1n) is 9.14. The molecule has 5 heteroatoms. The summed E-state index contributed by atoms with van der Waals surface area (Å²) in [5, 5.41) is 14.3. The van der Waals surface area contributed by atoms with Gasteiger partial charge in [-0.15, -0.1) is 0 Å². The first-order valence-corrected chi connectivity index (χ1v) is 10.0. The van der Waals surface area contributed by atoms with Crippen LogP contribution >= 0.6 is 11.9 Å². The number of methoxy groups -OCH3 is 1. The van der Waals surface area contributed by atoms with Gasteiger partial charge in [0.2, 0.25) is 0 Å². The molecule has 0 radical (unpaired) electrons. The first kappa shape index (κ1) is 20.1. The summed E-state index contributed by atoms with van der Waals surface area (Å²) in [5.74, 6) is 0. The van der Waals surface area contributed by atoms with E-state index in [0.717, 1.165) is 34.4 Å². The molecule has 0 bridgehead atoms. The Bertz CT molecular complexity index is 944. The van der Waals surface area contributed by atoms with Crippen molar-refractivity contribution in [2.45, 2.75) is 23.8 Å². The van der Waals surface area contributed by atoms with Gasteiger partial charge in [0, 0.05) is 28.8 Å². The zero-order valence-electron chi connectivity index (χ0n) is 15.9. The maximum absolute atomic E-state index is 8.61. The van der Waals surface area contributed by atoms with E-state index in [1.54, 1.807) is 7.11 Å². The lowest BCUT2D eigenvalue weighted by Gasteiger charge is -2.16. The third-order valence-corrected chi connectivity index (χ3v) is 5.32. The minimum Gasteiger partial charge on any atom is -0.398 e. The number of anilines is 1. The van der Waals surface area contributed by atoms with Crippen LogP contribution in [0.1, 0.15) is 34.8 Å². The predicted octanol–water partition coefficient (Wildman–Crippen LogP) is 4.97. The van der Waals surface area contributed by atoms with Crippen LogP contribution in [0.3, 0.4) is 0 Å². The van der Waals surface area contributed by atoms with E-state index in [9.17, 15) is 0 Å². The second kappa shape index (κ2) is 9.55. The predicted molar refractivity (Wildman–Crippen MR) is 118 cm³/mol. The van der Waals surface area contributed by atoms with Crippen molar-refractivity contribution in [3.8, 4) is 0 Å². The Hall–Kier alpha value is -2.60. The Labute approximate surface area is 170 Å². The van der Waals surface area contributed by atoms with Gasteiger partial charge in [-0.2, -0.15) is 0 Å². The number of benzene rings is 3. The number of rotatable bonds is 8. The average molecular weight is 392 g/mol. The monoisotopic (exact) mass is 391 g/mol. The Kier molecular flexibility index (Phi) is 6.87. The fraction of sp³-hybridized carbons (Fsp3) is 0.174. The lowest BCUT2D eigenvalue weighted by Crippen LogP contribution is -2.08. The zero-order valence-corrected chi connectivity index (χ0v) is 16.7. The van der Waals surface area contributed by atoms with Crippen LogP contribution in [-0.4, -0.2) is 12.8 Å². The highest BCUT2D eigenvalue weighted by Crippen LogP contribution is 2.25. The molecule has 0 saturated heterocycles. The highest BCUT2D eigenvalue weighted by atomic mass is 32.2. The highest BCUT2D eigenvalue weighted by Gasteiger charge is 2.13. The average Bonchev–Trinajstić information content (AvgIpc) is 2.75. The van der Waals surface area contributed by atoms with Gasteiger partial charge >= 0.3 is 0 Å². The molecule has 3 aromatic carbocycles. The minimum atomic E-state index is 0.0416. The van der Waals surface area contributed by atoms with E-state index in [2.05, 4.69) is 12.1 Å². The van der Waals surface area contributed by atoms with Crippen molar-refractivity contribution in [3.05, 3.63) is 95.1 Å². The van der Waals surface area contributed by atoms with E-state index in [-0.39, 0.29) is 6.10 Å². The molecule has 144 valence electrons. The topological polar surface area (TPSA) is 85.1 Å². The van der Waals surface area contributed by atoms with E-state index >= 15 is 0 Å². The number of hydrogen-bond donors (Lipinski definition) is 3. The molecule has 1 unspecified atom stereocenters. The molecule has 0 aliphatic carbocycles. The normalized spacial score (nSPS) is 11.9. The standard InChI is InChI=1S/C23H25N3OS/c1-27-22(17-6-3-2-4-7-17)13-11-16-10-12-21(24)20(14-16)23(25)18-8-5-9-19(15-18)28-26/h2-10,12,14-15,22,25H,11,13,24,26H2,1H3. The van der Waals surface area contributed by atoms with Gasteiger partial charge in [0.05, 0.1) is 11.8 Å². The van der Waals surface area contributed by atoms with Gasteiger partial charge in [0.15, 0.2) is 0 Å². The molecule has 0 saturated carbocycles. The van der Waals surface area contributed by atoms with E-state index in [4.69, 9.17) is 21.0 Å². The maximum Gasteiger partial charge on any atom is 0.0824 e. The van der Waals surface area contributed by atoms with Gasteiger partial charge in [0.1, 0.15) is 0 Å². The molecule has 3 aromatic rings. The number of aryl methyl sites for hydroxylation is 1. The lowest BCUT2D eigenvalue weighted by molar-refractivity contribution is 0.0959. The number of nitrogens with one attached hydrogen (secondary N) is 1. The number of ether oxygens (including phenoxy) is 1. The summed E-state index contributed by atoms with van der Waals surface area (Å²) in [6, 6.07) is 23.8. The Morgan fingerprint density at radius 3 is 2.54 bits per heavy atom. The molecular formula is C23H25N3OS. The van der Waals surface area contributed by atoms with Crippen LogP contribution in [0.25, 0.3) is 0 Å². The number of hydrogen-bond acceptors (Lipinski definition) is 5. The smallest absolute Gasteiger partial charge is 0.0824 e. The molecule has 28 heavy (non-hydrogen) atoms. The summed E-state index contributed by atoms with van der Waals surface area (Å²) in [6.45, 7) is 0. The largest absolute Gasteiger partial charge is 0.398 e. The van der Waals surface area contributed by atoms with Crippen LogP contribution in [-0.2, 0) is 11.2 Å². The lowest BCUT2D eigenvalue weighted by atomic mass is 9.96. The molecular weight excluding hydrogens is 366 g/mol. The molecule has 0 aromatic heterocycles. The Morgan fingerprint density at radius 2 is 1.82 bits per heavy atom. The summed E-state index contributed by atoms with van der Waals surface area (Å²) in [4.78, 5) is 0.919. The van der Waals surface area contributed by atoms with Crippen molar-refractivity contribution in [2.24, 2.45) is 5.14 Å². The fourth-order valence-electron chi connectivity index (χ4n) is 3.24. The zero-order chi connectivity index (χ0) is 19.9. The van der Waals surface area contributed by atoms with Crippen molar-refractivity contribution in [1.82, 2.24) is 0 Å². The molecule has 0 spiro atoms. The quantitative estimate of drug-likeness (QED) is 0.287. The van der Waals surface area contributed by atoms with Crippen LogP contribution in [0.2, 0.25) is 0 Å². The third kappa shape index (κ3) is 4.81. The van der Waals surface area contributed by atoms with E-state index in [1.807, 2.05) is 60.7 Å². The molecule has 4 nitrogen and oxygen atoms in total. The van der Waals surface area contributed by atoms with Crippen LogP contribution in [0.4, 0.5) is 5.69 Å². The molecule has 0 amide bonds. The maximum atomic E-state index is 8.61. The number of nitrogen functional groups attached to an aromatic ring is 1. The molecule has 3 rings (SSSR count). The molecule has 5 N–H and O–H groups in total. The van der Waals surface area contributed by atoms with Crippen molar-refractivity contribution < 1.29 is 4.74 Å². The van der Waals surface area contributed by atoms with Gasteiger partial charge in [-0.3, -0.25) is 10.5 Å². The van der Waals surface area contributed by atoms with Crippen molar-refractivity contribution in [2.75, 3.05) is 12.8 Å². The second-order valence-electron chi connectivity index (χ2n) is 6.62. The van der Waals surface area contributed by atoms with E-state index in [0.29, 0.717) is 11.4 Å². The summed E-state index contributed by atoms with van der Waals surface area (Å²) < 4.78 is 5.67. The molecule has 0 aliphatic rings. The molecule has 0 heterocycles. The SMILES string of the molecule is COC(CCc1ccc(N)c(C(=N)c2cccc(SN)c2)c1)c1ccccc1. The first-order chi connectivity index (χ1) is 13.6. The van der Waals surface area contributed by atoms with Crippen molar-refractivity contribution in [1.29, 1.82) is 5.41 Å². The van der Waals surface area contributed by atoms with Crippen LogP contribution in [0, 0.1) is 5.41 Å². The van der Waals surface area contributed by atoms with Crippen LogP contribution in [0.5, 0.6) is 0 Å². The number of nitrogens with two attached hydrogens (primary N) is 2. The minimum absolute atomic E-state index is 0.0416. The van der Waals surface area contributed by atoms with E-state index in [1.165, 1.54) is 17.5 Å². The highest BCUT2D eigenvalue weighted by molar-refractivity contribution is 7.97. The van der Waals surface area contributed by atoms with Crippen LogP contribution in [0.15, 0.2) is 77.7 Å². The molecule has 0 fully saturated rings. The summed E-state index contributed by atoms with van der Waals surface area (Å²) in [7, 11) is 1.74. The Balaban J connectivity index is 1.78. The van der Waals surface area contributed by atoms with Gasteiger partial charge in [-0.25, -0.2) is 0 Å². The fourth-order valence-corrected chi connectivity index (χ4v) is 3.59. The second-order valence-corrected chi connectivity index (χ2v) is 7.32. The van der Waals surface area contributed by atoms with Gasteiger partial charge in [-0.05, 0) is 60.2 Å². The van der Waals surface area contributed by atoms with Gasteiger partial charge in [-0.1, -0.05) is 48.5 Å².